The van der Waals surface area contributed by atoms with E-state index in [2.05, 4.69) is 35.6 Å². The number of aliphatic hydroxyl groups is 1. The van der Waals surface area contributed by atoms with Gasteiger partial charge in [0, 0.05) is 25.3 Å². The molecule has 0 atom stereocenters. The fraction of sp³-hybridized carbons (Fsp3) is 0.667. The molecule has 134 valence electrons. The Balaban J connectivity index is 0.00000232. The molecule has 0 saturated heterocycles. The van der Waals surface area contributed by atoms with E-state index in [1.807, 2.05) is 26.0 Å². The molecule has 1 aromatic rings. The quantitative estimate of drug-likeness (QED) is 0.372. The van der Waals surface area contributed by atoms with Crippen molar-refractivity contribution in [1.82, 2.24) is 4.90 Å². The first-order chi connectivity index (χ1) is 11.2. The molecule has 1 aromatic carbocycles. The zero-order chi connectivity index (χ0) is 17.5. The number of nitrogen functional groups attached to an aromatic ring is 1. The molecule has 0 unspecified atom stereocenters. The van der Waals surface area contributed by atoms with Crippen LogP contribution in [0.2, 0.25) is 0 Å². The molecule has 5 heteroatoms. The van der Waals surface area contributed by atoms with E-state index in [1.54, 1.807) is 0 Å². The number of rotatable bonds is 11. The Morgan fingerprint density at radius 2 is 1.87 bits per heavy atom. The molecular formula is C18H36N4O. The van der Waals surface area contributed by atoms with Crippen molar-refractivity contribution >= 4 is 11.4 Å². The second kappa shape index (κ2) is 14.3. The maximum atomic E-state index is 9.10. The number of nitrogens with two attached hydrogens (primary N) is 1. The summed E-state index contributed by atoms with van der Waals surface area (Å²) in [5.74, 6) is 5.50. The van der Waals surface area contributed by atoms with Gasteiger partial charge in [-0.15, -0.1) is 0 Å². The number of hydrazine groups is 1. The summed E-state index contributed by atoms with van der Waals surface area (Å²) in [6.07, 6.45) is 3.31. The molecule has 5 nitrogen and oxygen atoms in total. The highest BCUT2D eigenvalue weighted by Gasteiger charge is 2.04. The molecule has 1 rings (SSSR count). The molecular weight excluding hydrogens is 288 g/mol. The second-order valence-electron chi connectivity index (χ2n) is 5.22. The van der Waals surface area contributed by atoms with Gasteiger partial charge in [0.05, 0.1) is 12.3 Å². The zero-order valence-electron chi connectivity index (χ0n) is 15.4. The van der Waals surface area contributed by atoms with Crippen molar-refractivity contribution in [2.24, 2.45) is 5.84 Å². The molecule has 5 N–H and O–H groups in total. The summed E-state index contributed by atoms with van der Waals surface area (Å²) in [5.41, 5.74) is 6.03. The zero-order valence-corrected chi connectivity index (χ0v) is 15.4. The van der Waals surface area contributed by atoms with Crippen molar-refractivity contribution in [2.75, 3.05) is 43.5 Å². The molecule has 0 fully saturated rings. The summed E-state index contributed by atoms with van der Waals surface area (Å²) >= 11 is 0. The van der Waals surface area contributed by atoms with Gasteiger partial charge in [-0.2, -0.15) is 0 Å². The van der Waals surface area contributed by atoms with E-state index in [4.69, 9.17) is 10.9 Å². The summed E-state index contributed by atoms with van der Waals surface area (Å²) in [7, 11) is 0. The summed E-state index contributed by atoms with van der Waals surface area (Å²) < 4.78 is 0. The molecule has 23 heavy (non-hydrogen) atoms. The molecule has 0 heterocycles. The van der Waals surface area contributed by atoms with Crippen LogP contribution in [0.5, 0.6) is 0 Å². The number of anilines is 2. The number of aryl methyl sites for hydroxylation is 1. The van der Waals surface area contributed by atoms with Crippen LogP contribution in [0.4, 0.5) is 11.4 Å². The summed E-state index contributed by atoms with van der Waals surface area (Å²) in [6, 6.07) is 6.18. The highest BCUT2D eigenvalue weighted by atomic mass is 16.3. The Labute approximate surface area is 142 Å². The Morgan fingerprint density at radius 3 is 2.43 bits per heavy atom. The number of benzene rings is 1. The van der Waals surface area contributed by atoms with Gasteiger partial charge in [-0.05, 0) is 43.1 Å². The lowest BCUT2D eigenvalue weighted by atomic mass is 10.1. The third kappa shape index (κ3) is 8.79. The first-order valence-electron chi connectivity index (χ1n) is 8.91. The van der Waals surface area contributed by atoms with Gasteiger partial charge in [0.15, 0.2) is 0 Å². The maximum absolute atomic E-state index is 9.10. The van der Waals surface area contributed by atoms with Crippen LogP contribution in [0.25, 0.3) is 0 Å². The molecule has 0 saturated carbocycles. The van der Waals surface area contributed by atoms with Crippen LogP contribution in [0.1, 0.15) is 46.1 Å². The van der Waals surface area contributed by atoms with Crippen molar-refractivity contribution < 1.29 is 5.11 Å². The summed E-state index contributed by atoms with van der Waals surface area (Å²) in [5, 5.41) is 12.5. The fourth-order valence-electron chi connectivity index (χ4n) is 2.35. The van der Waals surface area contributed by atoms with E-state index in [1.165, 1.54) is 18.4 Å². The van der Waals surface area contributed by atoms with E-state index in [-0.39, 0.29) is 6.61 Å². The normalized spacial score (nSPS) is 10.2. The predicted octanol–water partition coefficient (Wildman–Crippen LogP) is 3.07. The largest absolute Gasteiger partial charge is 0.395 e. The second-order valence-corrected chi connectivity index (χ2v) is 5.22. The average Bonchev–Trinajstić information content (AvgIpc) is 2.61. The highest BCUT2D eigenvalue weighted by Crippen LogP contribution is 2.20. The Morgan fingerprint density at radius 1 is 1.13 bits per heavy atom. The van der Waals surface area contributed by atoms with Gasteiger partial charge in [-0.25, -0.2) is 0 Å². The van der Waals surface area contributed by atoms with Crippen LogP contribution in [-0.2, 0) is 6.42 Å². The number of aliphatic hydroxyl groups excluding tert-OH is 1. The standard InChI is InChI=1S/C16H30N4O.C2H6/c1-3-5-9-20(11-12-21)10-8-18-15-6-7-16(19-17)14(4-2)13-15;1-2/h6-7,13,18-19,21H,3-5,8-12,17H2,1-2H3;1-2H3. The predicted molar refractivity (Wildman–Crippen MR) is 102 cm³/mol. The van der Waals surface area contributed by atoms with Crippen molar-refractivity contribution in [3.63, 3.8) is 0 Å². The van der Waals surface area contributed by atoms with Crippen molar-refractivity contribution in [3.8, 4) is 0 Å². The number of nitrogens with zero attached hydrogens (tertiary/aromatic N) is 1. The van der Waals surface area contributed by atoms with Crippen LogP contribution < -0.4 is 16.6 Å². The average molecular weight is 325 g/mol. The van der Waals surface area contributed by atoms with Crippen LogP contribution in [0, 0.1) is 0 Å². The topological polar surface area (TPSA) is 73.5 Å². The van der Waals surface area contributed by atoms with Crippen molar-refractivity contribution in [1.29, 1.82) is 0 Å². The van der Waals surface area contributed by atoms with Gasteiger partial charge in [0.1, 0.15) is 0 Å². The Hall–Kier alpha value is -1.30. The van der Waals surface area contributed by atoms with Gasteiger partial charge in [0.25, 0.3) is 0 Å². The first kappa shape index (κ1) is 21.7. The Bertz CT molecular complexity index is 399. The SMILES string of the molecule is CC.CCCCN(CCO)CCNc1ccc(NN)c(CC)c1. The van der Waals surface area contributed by atoms with Crippen LogP contribution in [0.3, 0.4) is 0 Å². The van der Waals surface area contributed by atoms with E-state index < -0.39 is 0 Å². The third-order valence-electron chi connectivity index (χ3n) is 3.64. The van der Waals surface area contributed by atoms with E-state index in [0.717, 1.165) is 44.0 Å². The first-order valence-corrected chi connectivity index (χ1v) is 8.91. The lowest BCUT2D eigenvalue weighted by Crippen LogP contribution is -2.32. The van der Waals surface area contributed by atoms with E-state index in [0.29, 0.717) is 0 Å². The lowest BCUT2D eigenvalue weighted by Gasteiger charge is -2.21. The molecule has 0 aliphatic heterocycles. The van der Waals surface area contributed by atoms with Crippen LogP contribution in [-0.4, -0.2) is 42.8 Å². The third-order valence-corrected chi connectivity index (χ3v) is 3.64. The summed E-state index contributed by atoms with van der Waals surface area (Å²) in [6.45, 7) is 12.1. The smallest absolute Gasteiger partial charge is 0.0558 e. The molecule has 0 aromatic heterocycles. The van der Waals surface area contributed by atoms with Crippen LogP contribution in [0.15, 0.2) is 18.2 Å². The van der Waals surface area contributed by atoms with Gasteiger partial charge >= 0.3 is 0 Å². The van der Waals surface area contributed by atoms with Gasteiger partial charge in [-0.3, -0.25) is 10.7 Å². The minimum absolute atomic E-state index is 0.223. The fourth-order valence-corrected chi connectivity index (χ4v) is 2.35. The Kier molecular flexibility index (Phi) is 13.5. The van der Waals surface area contributed by atoms with Gasteiger partial charge < -0.3 is 15.8 Å². The number of hydrogen-bond acceptors (Lipinski definition) is 5. The minimum atomic E-state index is 0.223. The minimum Gasteiger partial charge on any atom is -0.395 e. The number of unbranched alkanes of at least 4 members (excludes halogenated alkanes) is 1. The summed E-state index contributed by atoms with van der Waals surface area (Å²) in [4.78, 5) is 2.30. The van der Waals surface area contributed by atoms with E-state index >= 15 is 0 Å². The molecule has 0 aliphatic rings. The molecule has 0 radical (unpaired) electrons. The lowest BCUT2D eigenvalue weighted by molar-refractivity contribution is 0.198. The molecule has 0 bridgehead atoms. The van der Waals surface area contributed by atoms with Crippen LogP contribution >= 0.6 is 0 Å². The maximum Gasteiger partial charge on any atom is 0.0558 e. The number of hydrogen-bond donors (Lipinski definition) is 4. The van der Waals surface area contributed by atoms with Crippen molar-refractivity contribution in [2.45, 2.75) is 47.0 Å². The molecule has 0 aliphatic carbocycles. The highest BCUT2D eigenvalue weighted by molar-refractivity contribution is 5.59. The molecule has 0 spiro atoms. The van der Waals surface area contributed by atoms with Gasteiger partial charge in [0.2, 0.25) is 0 Å². The number of nitrogens with one attached hydrogen (secondary N) is 2. The van der Waals surface area contributed by atoms with E-state index in [9.17, 15) is 0 Å². The van der Waals surface area contributed by atoms with Gasteiger partial charge in [-0.1, -0.05) is 34.1 Å². The monoisotopic (exact) mass is 324 g/mol. The molecule has 0 amide bonds. The van der Waals surface area contributed by atoms with Crippen molar-refractivity contribution in [3.05, 3.63) is 23.8 Å².